The molecule has 356 valence electrons. The summed E-state index contributed by atoms with van der Waals surface area (Å²) in [6.07, 6.45) is 47.5. The summed E-state index contributed by atoms with van der Waals surface area (Å²) in [5, 5.41) is 11.7. The van der Waals surface area contributed by atoms with Gasteiger partial charge in [0, 0.05) is 12.8 Å². The van der Waals surface area contributed by atoms with Crippen LogP contribution in [0.2, 0.25) is 0 Å². The minimum absolute atomic E-state index is 0.146. The van der Waals surface area contributed by atoms with E-state index >= 15 is 0 Å². The van der Waals surface area contributed by atoms with Crippen LogP contribution in [0.1, 0.15) is 219 Å². The molecule has 0 aromatic rings. The summed E-state index contributed by atoms with van der Waals surface area (Å²) in [5.74, 6) is -2.29. The second-order valence-electron chi connectivity index (χ2n) is 18.1. The average Bonchev–Trinajstić information content (AvgIpc) is 3.22. The highest BCUT2D eigenvalue weighted by atomic mass is 16.7. The van der Waals surface area contributed by atoms with Crippen LogP contribution in [-0.4, -0.2) is 82.3 Å². The van der Waals surface area contributed by atoms with Crippen LogP contribution in [0.4, 0.5) is 0 Å². The maximum Gasteiger partial charge on any atom is 0.306 e. The van der Waals surface area contributed by atoms with E-state index in [1.165, 1.54) is 122 Å². The lowest BCUT2D eigenvalue weighted by Crippen LogP contribution is -2.44. The van der Waals surface area contributed by atoms with Crippen LogP contribution in [0, 0.1) is 0 Å². The van der Waals surface area contributed by atoms with Gasteiger partial charge in [-0.15, -0.1) is 0 Å². The van der Waals surface area contributed by atoms with Crippen LogP contribution < -0.4 is 5.11 Å². The Bertz CT molecular complexity index is 1100. The molecule has 2 unspecified atom stereocenters. The third kappa shape index (κ3) is 45.4. The summed E-state index contributed by atoms with van der Waals surface area (Å²) in [7, 11) is 5.91. The Labute approximate surface area is 375 Å². The maximum atomic E-state index is 12.8. The Morgan fingerprint density at radius 2 is 0.934 bits per heavy atom. The molecule has 9 nitrogen and oxygen atoms in total. The molecule has 0 aliphatic heterocycles. The topological polar surface area (TPSA) is 111 Å². The number of carboxylic acid groups (broad SMARTS) is 1. The molecule has 9 heteroatoms. The summed E-state index contributed by atoms with van der Waals surface area (Å²) in [6, 6.07) is 0. The molecule has 0 aromatic heterocycles. The van der Waals surface area contributed by atoms with E-state index in [1.54, 1.807) is 0 Å². The van der Waals surface area contributed by atoms with Crippen molar-refractivity contribution < 1.29 is 42.9 Å². The molecule has 0 heterocycles. The number of allylic oxidation sites excluding steroid dienone is 6. The standard InChI is InChI=1S/C52H95NO8/c1-6-8-10-12-14-16-18-20-22-24-25-27-28-30-32-34-36-38-40-42-49(54)59-46-48(47-60-52(51(56)57)58-45-44-53(3,4)5)61-50(55)43-41-39-37-35-33-31-29-26-23-21-19-17-15-13-11-9-7-2/h9,11,15,17,21,23,48,52H,6-8,10,12-14,16,18-20,22,24-47H2,1-5H3/b11-9-,17-15-,23-21-. The number of hydrogen-bond donors (Lipinski definition) is 0. The van der Waals surface area contributed by atoms with E-state index in [2.05, 4.69) is 50.3 Å². The van der Waals surface area contributed by atoms with Gasteiger partial charge in [-0.2, -0.15) is 0 Å². The van der Waals surface area contributed by atoms with Gasteiger partial charge in [0.1, 0.15) is 13.2 Å². The molecule has 0 saturated carbocycles. The molecule has 0 rings (SSSR count). The lowest BCUT2D eigenvalue weighted by atomic mass is 10.0. The zero-order valence-electron chi connectivity index (χ0n) is 40.3. The van der Waals surface area contributed by atoms with Crippen LogP contribution in [0.5, 0.6) is 0 Å². The third-order valence-corrected chi connectivity index (χ3v) is 10.9. The zero-order valence-corrected chi connectivity index (χ0v) is 40.3. The van der Waals surface area contributed by atoms with Crippen molar-refractivity contribution >= 4 is 17.9 Å². The van der Waals surface area contributed by atoms with Gasteiger partial charge in [-0.3, -0.25) is 9.59 Å². The molecule has 0 spiro atoms. The average molecular weight is 862 g/mol. The SMILES string of the molecule is CC/C=C\C/C=C\C/C=C\CCCCCCCCCC(=O)OC(COC(=O)CCCCCCCCCCCCCCCCCCCCC)COC(OCC[N+](C)(C)C)C(=O)[O-]. The molecule has 0 aliphatic carbocycles. The van der Waals surface area contributed by atoms with Crippen molar-refractivity contribution in [2.75, 3.05) is 47.5 Å². The minimum Gasteiger partial charge on any atom is -0.545 e. The number of ether oxygens (including phenoxy) is 4. The Balaban J connectivity index is 4.34. The number of quaternary nitrogens is 1. The van der Waals surface area contributed by atoms with Crippen molar-refractivity contribution in [1.82, 2.24) is 0 Å². The monoisotopic (exact) mass is 862 g/mol. The fourth-order valence-electron chi connectivity index (χ4n) is 7.02. The summed E-state index contributed by atoms with van der Waals surface area (Å²) in [6.45, 7) is 4.64. The molecule has 0 amide bonds. The molecule has 0 fully saturated rings. The lowest BCUT2D eigenvalue weighted by molar-refractivity contribution is -0.870. The Morgan fingerprint density at radius 1 is 0.508 bits per heavy atom. The largest absolute Gasteiger partial charge is 0.545 e. The number of carbonyl (C=O) groups excluding carboxylic acids is 3. The van der Waals surface area contributed by atoms with E-state index < -0.39 is 24.3 Å². The van der Waals surface area contributed by atoms with Gasteiger partial charge in [-0.1, -0.05) is 198 Å². The first-order valence-corrected chi connectivity index (χ1v) is 25.1. The number of unbranched alkanes of at least 4 members (excludes halogenated alkanes) is 25. The molecule has 0 aromatic carbocycles. The summed E-state index contributed by atoms with van der Waals surface area (Å²) in [5.41, 5.74) is 0. The van der Waals surface area contributed by atoms with Gasteiger partial charge in [-0.25, -0.2) is 0 Å². The van der Waals surface area contributed by atoms with E-state index in [1.807, 2.05) is 21.1 Å². The van der Waals surface area contributed by atoms with E-state index in [4.69, 9.17) is 18.9 Å². The highest BCUT2D eigenvalue weighted by Crippen LogP contribution is 2.16. The van der Waals surface area contributed by atoms with Crippen LogP contribution >= 0.6 is 0 Å². The summed E-state index contributed by atoms with van der Waals surface area (Å²) in [4.78, 5) is 37.1. The fraction of sp³-hybridized carbons (Fsp3) is 0.827. The van der Waals surface area contributed by atoms with Gasteiger partial charge in [0.25, 0.3) is 0 Å². The first-order valence-electron chi connectivity index (χ1n) is 25.1. The normalized spacial score (nSPS) is 13.1. The van der Waals surface area contributed by atoms with Crippen molar-refractivity contribution in [3.63, 3.8) is 0 Å². The van der Waals surface area contributed by atoms with E-state index in [0.29, 0.717) is 23.9 Å². The molecule has 0 radical (unpaired) electrons. The number of aliphatic carboxylic acids is 1. The highest BCUT2D eigenvalue weighted by molar-refractivity contribution is 5.70. The van der Waals surface area contributed by atoms with Crippen LogP contribution in [-0.2, 0) is 33.3 Å². The van der Waals surface area contributed by atoms with Crippen molar-refractivity contribution in [2.45, 2.75) is 232 Å². The molecule has 2 atom stereocenters. The van der Waals surface area contributed by atoms with E-state index in [9.17, 15) is 19.5 Å². The quantitative estimate of drug-likeness (QED) is 0.0196. The van der Waals surface area contributed by atoms with Crippen molar-refractivity contribution in [3.8, 4) is 0 Å². The lowest BCUT2D eigenvalue weighted by Gasteiger charge is -2.26. The molecule has 0 bridgehead atoms. The third-order valence-electron chi connectivity index (χ3n) is 10.9. The first-order chi connectivity index (χ1) is 29.6. The molecule has 0 aliphatic rings. The number of rotatable bonds is 46. The number of likely N-dealkylation sites (N-methyl/N-ethyl adjacent to an activating group) is 1. The van der Waals surface area contributed by atoms with Gasteiger partial charge in [-0.05, 0) is 44.9 Å². The molecule has 0 N–H and O–H groups in total. The molecule has 0 saturated heterocycles. The maximum absolute atomic E-state index is 12.8. The first kappa shape index (κ1) is 58.5. The van der Waals surface area contributed by atoms with E-state index in [-0.39, 0.29) is 32.2 Å². The number of carboxylic acids is 1. The predicted molar refractivity (Wildman–Crippen MR) is 251 cm³/mol. The molecular formula is C52H95NO8. The van der Waals surface area contributed by atoms with Gasteiger partial charge in [0.15, 0.2) is 12.4 Å². The van der Waals surface area contributed by atoms with Gasteiger partial charge < -0.3 is 33.3 Å². The molecular weight excluding hydrogens is 767 g/mol. The number of hydrogen-bond acceptors (Lipinski definition) is 8. The summed E-state index contributed by atoms with van der Waals surface area (Å²) < 4.78 is 22.6. The van der Waals surface area contributed by atoms with Crippen molar-refractivity contribution in [1.29, 1.82) is 0 Å². The van der Waals surface area contributed by atoms with Crippen LogP contribution in [0.15, 0.2) is 36.5 Å². The second-order valence-corrected chi connectivity index (χ2v) is 18.1. The Kier molecular flexibility index (Phi) is 42.3. The van der Waals surface area contributed by atoms with Crippen molar-refractivity contribution in [2.24, 2.45) is 0 Å². The van der Waals surface area contributed by atoms with Crippen LogP contribution in [0.3, 0.4) is 0 Å². The predicted octanol–water partition coefficient (Wildman–Crippen LogP) is 12.4. The minimum atomic E-state index is -1.62. The van der Waals surface area contributed by atoms with Gasteiger partial charge >= 0.3 is 11.9 Å². The van der Waals surface area contributed by atoms with Gasteiger partial charge in [0.05, 0.1) is 40.3 Å². The summed E-state index contributed by atoms with van der Waals surface area (Å²) >= 11 is 0. The Morgan fingerprint density at radius 3 is 1.39 bits per heavy atom. The second kappa shape index (κ2) is 44.1. The number of nitrogens with zero attached hydrogens (tertiary/aromatic N) is 1. The number of esters is 2. The zero-order chi connectivity index (χ0) is 44.9. The fourth-order valence-corrected chi connectivity index (χ4v) is 7.02. The molecule has 61 heavy (non-hydrogen) atoms. The van der Waals surface area contributed by atoms with Crippen LogP contribution in [0.25, 0.3) is 0 Å². The Hall–Kier alpha value is -2.49. The number of carbonyl (C=O) groups is 3. The van der Waals surface area contributed by atoms with Crippen molar-refractivity contribution in [3.05, 3.63) is 36.5 Å². The smallest absolute Gasteiger partial charge is 0.306 e. The van der Waals surface area contributed by atoms with Gasteiger partial charge in [0.2, 0.25) is 0 Å². The highest BCUT2D eigenvalue weighted by Gasteiger charge is 2.22. The van der Waals surface area contributed by atoms with E-state index in [0.717, 1.165) is 64.2 Å².